The monoisotopic (exact) mass is 263 g/mol. The van der Waals surface area contributed by atoms with Gasteiger partial charge in [-0.05, 0) is 37.7 Å². The van der Waals surface area contributed by atoms with Crippen molar-refractivity contribution >= 4 is 11.5 Å². The summed E-state index contributed by atoms with van der Waals surface area (Å²) < 4.78 is 0. The fourth-order valence-electron chi connectivity index (χ4n) is 2.90. The SMILES string of the molecule is CCC1(CNc2ccc([N+](=O)[O-])c(C)n2)CCCC1. The lowest BCUT2D eigenvalue weighted by molar-refractivity contribution is -0.385. The largest absolute Gasteiger partial charge is 0.370 e. The highest BCUT2D eigenvalue weighted by Gasteiger charge is 2.31. The number of hydrogen-bond acceptors (Lipinski definition) is 4. The number of nitro groups is 1. The van der Waals surface area contributed by atoms with Gasteiger partial charge in [-0.25, -0.2) is 4.98 Å². The van der Waals surface area contributed by atoms with Crippen molar-refractivity contribution in [2.45, 2.75) is 46.0 Å². The summed E-state index contributed by atoms with van der Waals surface area (Å²) in [6, 6.07) is 3.22. The van der Waals surface area contributed by atoms with E-state index < -0.39 is 4.92 Å². The second-order valence-corrected chi connectivity index (χ2v) is 5.47. The minimum Gasteiger partial charge on any atom is -0.370 e. The van der Waals surface area contributed by atoms with E-state index in [1.165, 1.54) is 38.2 Å². The van der Waals surface area contributed by atoms with E-state index in [-0.39, 0.29) is 5.69 Å². The molecule has 1 aliphatic carbocycles. The third-order valence-electron chi connectivity index (χ3n) is 4.31. The van der Waals surface area contributed by atoms with Gasteiger partial charge >= 0.3 is 0 Å². The van der Waals surface area contributed by atoms with E-state index in [2.05, 4.69) is 17.2 Å². The Morgan fingerprint density at radius 2 is 2.11 bits per heavy atom. The molecule has 0 radical (unpaired) electrons. The number of hydrogen-bond donors (Lipinski definition) is 1. The average Bonchev–Trinajstić information content (AvgIpc) is 2.85. The summed E-state index contributed by atoms with van der Waals surface area (Å²) in [5.41, 5.74) is 0.931. The average molecular weight is 263 g/mol. The lowest BCUT2D eigenvalue weighted by atomic mass is 9.83. The number of pyridine rings is 1. The summed E-state index contributed by atoms with van der Waals surface area (Å²) in [7, 11) is 0. The van der Waals surface area contributed by atoms with Crippen LogP contribution in [-0.4, -0.2) is 16.5 Å². The van der Waals surface area contributed by atoms with Crippen molar-refractivity contribution < 1.29 is 4.92 Å². The topological polar surface area (TPSA) is 68.1 Å². The quantitative estimate of drug-likeness (QED) is 0.650. The molecule has 1 fully saturated rings. The second kappa shape index (κ2) is 5.55. The number of aryl methyl sites for hydroxylation is 1. The van der Waals surface area contributed by atoms with Gasteiger partial charge in [0.05, 0.1) is 4.92 Å². The Morgan fingerprint density at radius 1 is 1.42 bits per heavy atom. The van der Waals surface area contributed by atoms with Crippen LogP contribution < -0.4 is 5.32 Å². The molecule has 1 heterocycles. The van der Waals surface area contributed by atoms with E-state index >= 15 is 0 Å². The first-order valence-corrected chi connectivity index (χ1v) is 6.92. The third kappa shape index (κ3) is 3.03. The number of nitrogens with one attached hydrogen (secondary N) is 1. The zero-order valence-corrected chi connectivity index (χ0v) is 11.6. The van der Waals surface area contributed by atoms with Crippen molar-refractivity contribution in [3.05, 3.63) is 27.9 Å². The van der Waals surface area contributed by atoms with Gasteiger partial charge in [-0.2, -0.15) is 0 Å². The highest BCUT2D eigenvalue weighted by molar-refractivity contribution is 5.44. The van der Waals surface area contributed by atoms with Gasteiger partial charge in [-0.3, -0.25) is 10.1 Å². The van der Waals surface area contributed by atoms with Crippen LogP contribution >= 0.6 is 0 Å². The van der Waals surface area contributed by atoms with Crippen molar-refractivity contribution in [3.63, 3.8) is 0 Å². The summed E-state index contributed by atoms with van der Waals surface area (Å²) >= 11 is 0. The van der Waals surface area contributed by atoms with Gasteiger partial charge in [-0.15, -0.1) is 0 Å². The predicted octanol–water partition coefficient (Wildman–Crippen LogP) is 3.68. The number of rotatable bonds is 5. The molecule has 1 aromatic rings. The molecule has 0 atom stereocenters. The van der Waals surface area contributed by atoms with E-state index in [9.17, 15) is 10.1 Å². The summed E-state index contributed by atoms with van der Waals surface area (Å²) in [6.07, 6.45) is 6.32. The van der Waals surface area contributed by atoms with Gasteiger partial charge in [0.2, 0.25) is 0 Å². The molecule has 0 unspecified atom stereocenters. The van der Waals surface area contributed by atoms with Crippen molar-refractivity contribution in [1.29, 1.82) is 0 Å². The summed E-state index contributed by atoms with van der Waals surface area (Å²) in [4.78, 5) is 14.6. The fourth-order valence-corrected chi connectivity index (χ4v) is 2.90. The van der Waals surface area contributed by atoms with Crippen molar-refractivity contribution in [3.8, 4) is 0 Å². The molecule has 1 N–H and O–H groups in total. The van der Waals surface area contributed by atoms with Crippen LogP contribution in [0.5, 0.6) is 0 Å². The summed E-state index contributed by atoms with van der Waals surface area (Å²) in [5, 5.41) is 14.1. The van der Waals surface area contributed by atoms with Gasteiger partial charge in [0.25, 0.3) is 5.69 Å². The van der Waals surface area contributed by atoms with E-state index in [4.69, 9.17) is 0 Å². The molecule has 2 rings (SSSR count). The molecule has 1 aromatic heterocycles. The van der Waals surface area contributed by atoms with Gasteiger partial charge in [-0.1, -0.05) is 19.8 Å². The third-order valence-corrected chi connectivity index (χ3v) is 4.31. The first kappa shape index (κ1) is 13.8. The van der Waals surface area contributed by atoms with Gasteiger partial charge in [0.1, 0.15) is 11.5 Å². The normalized spacial score (nSPS) is 17.4. The Hall–Kier alpha value is -1.65. The lowest BCUT2D eigenvalue weighted by Crippen LogP contribution is -2.26. The lowest BCUT2D eigenvalue weighted by Gasteiger charge is -2.27. The maximum absolute atomic E-state index is 10.7. The molecule has 0 aliphatic heterocycles. The zero-order chi connectivity index (χ0) is 13.9. The molecule has 0 aromatic carbocycles. The second-order valence-electron chi connectivity index (χ2n) is 5.47. The summed E-state index contributed by atoms with van der Waals surface area (Å²) in [6.45, 7) is 4.82. The smallest absolute Gasteiger partial charge is 0.290 e. The molecule has 5 heteroatoms. The summed E-state index contributed by atoms with van der Waals surface area (Å²) in [5.74, 6) is 0.739. The van der Waals surface area contributed by atoms with Crippen molar-refractivity contribution in [2.24, 2.45) is 5.41 Å². The maximum Gasteiger partial charge on any atom is 0.290 e. The fraction of sp³-hybridized carbons (Fsp3) is 0.643. The molecule has 1 aliphatic rings. The molecule has 19 heavy (non-hydrogen) atoms. The molecule has 0 amide bonds. The molecule has 1 saturated carbocycles. The van der Waals surface area contributed by atoms with Crippen LogP contribution in [0.1, 0.15) is 44.7 Å². The number of nitrogens with zero attached hydrogens (tertiary/aromatic N) is 2. The van der Waals surface area contributed by atoms with E-state index in [1.54, 1.807) is 13.0 Å². The first-order chi connectivity index (χ1) is 9.06. The zero-order valence-electron chi connectivity index (χ0n) is 11.6. The van der Waals surface area contributed by atoms with Crippen LogP contribution in [0.2, 0.25) is 0 Å². The molecule has 0 saturated heterocycles. The molecule has 0 spiro atoms. The molecule has 104 valence electrons. The van der Waals surface area contributed by atoms with Crippen LogP contribution in [-0.2, 0) is 0 Å². The van der Waals surface area contributed by atoms with Crippen LogP contribution in [0.25, 0.3) is 0 Å². The highest BCUT2D eigenvalue weighted by Crippen LogP contribution is 2.40. The van der Waals surface area contributed by atoms with Crippen LogP contribution in [0, 0.1) is 22.5 Å². The standard InChI is InChI=1S/C14H21N3O2/c1-3-14(8-4-5-9-14)10-15-13-7-6-12(17(18)19)11(2)16-13/h6-7H,3-5,8-10H2,1-2H3,(H,15,16). The van der Waals surface area contributed by atoms with E-state index in [0.29, 0.717) is 11.1 Å². The van der Waals surface area contributed by atoms with Gasteiger partial charge in [0.15, 0.2) is 0 Å². The minimum atomic E-state index is -0.392. The Kier molecular flexibility index (Phi) is 4.02. The molecule has 0 bridgehead atoms. The number of aromatic nitrogens is 1. The first-order valence-electron chi connectivity index (χ1n) is 6.92. The van der Waals surface area contributed by atoms with Gasteiger partial charge < -0.3 is 5.32 Å². The molecular formula is C14H21N3O2. The van der Waals surface area contributed by atoms with Crippen molar-refractivity contribution in [1.82, 2.24) is 4.98 Å². The minimum absolute atomic E-state index is 0.0802. The Balaban J connectivity index is 2.03. The number of anilines is 1. The molecular weight excluding hydrogens is 242 g/mol. The Morgan fingerprint density at radius 3 is 2.63 bits per heavy atom. The van der Waals surface area contributed by atoms with E-state index in [1.807, 2.05) is 0 Å². The predicted molar refractivity (Wildman–Crippen MR) is 75.3 cm³/mol. The Bertz CT molecular complexity index is 468. The van der Waals surface area contributed by atoms with E-state index in [0.717, 1.165) is 12.4 Å². The Labute approximate surface area is 113 Å². The van der Waals surface area contributed by atoms with Crippen molar-refractivity contribution in [2.75, 3.05) is 11.9 Å². The van der Waals surface area contributed by atoms with Gasteiger partial charge in [0, 0.05) is 12.6 Å². The van der Waals surface area contributed by atoms with Crippen LogP contribution in [0.3, 0.4) is 0 Å². The maximum atomic E-state index is 10.7. The van der Waals surface area contributed by atoms with Crippen LogP contribution in [0.15, 0.2) is 12.1 Å². The highest BCUT2D eigenvalue weighted by atomic mass is 16.6. The van der Waals surface area contributed by atoms with Crippen LogP contribution in [0.4, 0.5) is 11.5 Å². The molecule has 5 nitrogen and oxygen atoms in total.